The maximum atomic E-state index is 12.7. The second-order valence-electron chi connectivity index (χ2n) is 8.18. The molecule has 0 bridgehead atoms. The lowest BCUT2D eigenvalue weighted by atomic mass is 9.96. The molecule has 1 heterocycles. The highest BCUT2D eigenvalue weighted by atomic mass is 19.4. The Hall–Kier alpha value is -3.36. The van der Waals surface area contributed by atoms with Crippen molar-refractivity contribution in [2.75, 3.05) is 17.7 Å². The number of alkyl halides is 3. The number of hydrogen-bond acceptors (Lipinski definition) is 4. The summed E-state index contributed by atoms with van der Waals surface area (Å²) in [6.45, 7) is 0.994. The number of nitrogen functional groups attached to an aromatic ring is 1. The number of amides is 1. The Morgan fingerprint density at radius 1 is 0.971 bits per heavy atom. The lowest BCUT2D eigenvalue weighted by Gasteiger charge is -2.23. The predicted molar refractivity (Wildman–Crippen MR) is 125 cm³/mol. The number of carbonyl (C=O) groups excluding carboxylic acids is 1. The molecule has 3 aromatic carbocycles. The molecule has 3 aromatic rings. The third-order valence-electron chi connectivity index (χ3n) is 5.50. The monoisotopic (exact) mass is 470 g/mol. The Balaban J connectivity index is 1.66. The number of nitrogens with two attached hydrogens (primary N) is 1. The summed E-state index contributed by atoms with van der Waals surface area (Å²) in [5.74, 6) is -2.01. The zero-order valence-corrected chi connectivity index (χ0v) is 18.4. The first kappa shape index (κ1) is 23.8. The van der Waals surface area contributed by atoms with Crippen LogP contribution in [0.3, 0.4) is 0 Å². The molecule has 3 N–H and O–H groups in total. The summed E-state index contributed by atoms with van der Waals surface area (Å²) in [4.78, 5) is 11.4. The number of benzene rings is 3. The van der Waals surface area contributed by atoms with Crippen molar-refractivity contribution < 1.29 is 27.4 Å². The molecule has 1 aliphatic rings. The van der Waals surface area contributed by atoms with Gasteiger partial charge in [0.2, 0.25) is 0 Å². The molecule has 0 radical (unpaired) electrons. The Labute approximate surface area is 195 Å². The zero-order valence-electron chi connectivity index (χ0n) is 18.4. The predicted octanol–water partition coefficient (Wildman–Crippen LogP) is 6.15. The van der Waals surface area contributed by atoms with Crippen molar-refractivity contribution in [2.24, 2.45) is 0 Å². The van der Waals surface area contributed by atoms with Crippen molar-refractivity contribution in [1.82, 2.24) is 0 Å². The van der Waals surface area contributed by atoms with E-state index in [2.05, 4.69) is 0 Å². The van der Waals surface area contributed by atoms with Gasteiger partial charge in [0.1, 0.15) is 0 Å². The van der Waals surface area contributed by atoms with Crippen LogP contribution >= 0.6 is 0 Å². The number of halogens is 3. The minimum absolute atomic E-state index is 0.0580. The Morgan fingerprint density at radius 2 is 1.68 bits per heavy atom. The van der Waals surface area contributed by atoms with Gasteiger partial charge in [-0.2, -0.15) is 13.2 Å². The van der Waals surface area contributed by atoms with Crippen molar-refractivity contribution >= 4 is 17.3 Å². The fourth-order valence-corrected chi connectivity index (χ4v) is 3.84. The highest BCUT2D eigenvalue weighted by Gasteiger charge is 2.38. The van der Waals surface area contributed by atoms with Crippen LogP contribution < -0.4 is 11.1 Å². The first-order valence-electron chi connectivity index (χ1n) is 11.0. The van der Waals surface area contributed by atoms with Crippen molar-refractivity contribution in [1.29, 1.82) is 0 Å². The molecule has 1 fully saturated rings. The molecule has 4 rings (SSSR count). The van der Waals surface area contributed by atoms with Crippen LogP contribution in [0.1, 0.15) is 24.8 Å². The van der Waals surface area contributed by atoms with Crippen molar-refractivity contribution in [3.63, 3.8) is 0 Å². The molecule has 1 amide bonds. The molecular formula is C26H25F3N2O3. The highest BCUT2D eigenvalue weighted by Crippen LogP contribution is 2.31. The number of rotatable bonds is 6. The van der Waals surface area contributed by atoms with Gasteiger partial charge in [0, 0.05) is 18.0 Å². The van der Waals surface area contributed by atoms with Gasteiger partial charge in [-0.25, -0.2) is 0 Å². The van der Waals surface area contributed by atoms with E-state index in [4.69, 9.17) is 15.2 Å². The normalized spacial score (nSPS) is 16.3. The minimum Gasteiger partial charge on any atom is -0.399 e. The van der Waals surface area contributed by atoms with Gasteiger partial charge in [0.05, 0.1) is 6.61 Å². The van der Waals surface area contributed by atoms with Gasteiger partial charge in [0.15, 0.2) is 6.29 Å². The van der Waals surface area contributed by atoms with E-state index in [1.54, 1.807) is 18.2 Å². The molecule has 0 aromatic heterocycles. The first-order chi connectivity index (χ1) is 16.3. The summed E-state index contributed by atoms with van der Waals surface area (Å²) in [6, 6.07) is 19.6. The topological polar surface area (TPSA) is 73.6 Å². The van der Waals surface area contributed by atoms with Crippen LogP contribution in [0.5, 0.6) is 0 Å². The van der Waals surface area contributed by atoms with Gasteiger partial charge in [-0.3, -0.25) is 4.79 Å². The fourth-order valence-electron chi connectivity index (χ4n) is 3.84. The third-order valence-corrected chi connectivity index (χ3v) is 5.50. The summed E-state index contributed by atoms with van der Waals surface area (Å²) in [5, 5.41) is 1.91. The second kappa shape index (κ2) is 10.3. The maximum absolute atomic E-state index is 12.7. The van der Waals surface area contributed by atoms with E-state index in [0.717, 1.165) is 41.5 Å². The number of ether oxygens (including phenoxy) is 2. The fraction of sp³-hybridized carbons (Fsp3) is 0.269. The molecule has 1 saturated heterocycles. The van der Waals surface area contributed by atoms with Crippen LogP contribution in [0.25, 0.3) is 22.3 Å². The largest absolute Gasteiger partial charge is 0.471 e. The summed E-state index contributed by atoms with van der Waals surface area (Å²) >= 11 is 0. The molecule has 5 nitrogen and oxygen atoms in total. The second-order valence-corrected chi connectivity index (χ2v) is 8.18. The van der Waals surface area contributed by atoms with Gasteiger partial charge in [0.25, 0.3) is 0 Å². The molecule has 1 atom stereocenters. The van der Waals surface area contributed by atoms with E-state index >= 15 is 0 Å². The smallest absolute Gasteiger partial charge is 0.399 e. The minimum atomic E-state index is -4.96. The van der Waals surface area contributed by atoms with E-state index in [1.165, 1.54) is 12.1 Å². The molecule has 0 spiro atoms. The quantitative estimate of drug-likeness (QED) is 0.424. The third kappa shape index (κ3) is 6.15. The van der Waals surface area contributed by atoms with Crippen LogP contribution in [-0.4, -0.2) is 25.0 Å². The molecule has 0 saturated carbocycles. The highest BCUT2D eigenvalue weighted by molar-refractivity contribution is 5.95. The molecule has 1 aliphatic heterocycles. The van der Waals surface area contributed by atoms with Crippen molar-refractivity contribution in [3.8, 4) is 22.3 Å². The van der Waals surface area contributed by atoms with Crippen LogP contribution in [0.4, 0.5) is 24.5 Å². The van der Waals surface area contributed by atoms with Crippen LogP contribution in [-0.2, 0) is 20.9 Å². The van der Waals surface area contributed by atoms with Gasteiger partial charge in [-0.05, 0) is 89.5 Å². The van der Waals surface area contributed by atoms with Crippen molar-refractivity contribution in [3.05, 3.63) is 72.3 Å². The average molecular weight is 470 g/mol. The molecule has 34 heavy (non-hydrogen) atoms. The first-order valence-corrected chi connectivity index (χ1v) is 11.0. The van der Waals surface area contributed by atoms with Crippen LogP contribution in [0.15, 0.2) is 66.7 Å². The summed E-state index contributed by atoms with van der Waals surface area (Å²) < 4.78 is 49.6. The average Bonchev–Trinajstić information content (AvgIpc) is 2.83. The Morgan fingerprint density at radius 3 is 2.32 bits per heavy atom. The molecule has 0 aliphatic carbocycles. The zero-order chi connectivity index (χ0) is 24.1. The summed E-state index contributed by atoms with van der Waals surface area (Å²) in [6.07, 6.45) is -2.31. The van der Waals surface area contributed by atoms with Crippen LogP contribution in [0, 0.1) is 0 Å². The van der Waals surface area contributed by atoms with E-state index in [0.29, 0.717) is 24.5 Å². The molecule has 178 valence electrons. The van der Waals surface area contributed by atoms with E-state index < -0.39 is 12.1 Å². The van der Waals surface area contributed by atoms with Gasteiger partial charge >= 0.3 is 12.1 Å². The molecule has 8 heteroatoms. The summed E-state index contributed by atoms with van der Waals surface area (Å²) in [7, 11) is 0. The van der Waals surface area contributed by atoms with Gasteiger partial charge < -0.3 is 20.5 Å². The standard InChI is InChI=1S/C26H25F3N2O3/c27-26(28,29)25(32)31-23-8-4-6-19(15-23)21-12-17(16-34-24-9-1-2-10-33-24)11-20(13-21)18-5-3-7-22(30)14-18/h3-8,11-15,24H,1-2,9-10,16,30H2,(H,31,32). The summed E-state index contributed by atoms with van der Waals surface area (Å²) in [5.41, 5.74) is 10.7. The number of nitrogens with one attached hydrogen (secondary N) is 1. The lowest BCUT2D eigenvalue weighted by molar-refractivity contribution is -0.168. The number of hydrogen-bond donors (Lipinski definition) is 2. The Kier molecular flexibility index (Phi) is 7.19. The number of carbonyl (C=O) groups is 1. The molecule has 1 unspecified atom stereocenters. The Bertz CT molecular complexity index is 1160. The van der Waals surface area contributed by atoms with E-state index in [1.807, 2.05) is 41.7 Å². The maximum Gasteiger partial charge on any atom is 0.471 e. The van der Waals surface area contributed by atoms with Crippen LogP contribution in [0.2, 0.25) is 0 Å². The SMILES string of the molecule is Nc1cccc(-c2cc(COC3CCCCO3)cc(-c3cccc(NC(=O)C(F)(F)F)c3)c2)c1. The van der Waals surface area contributed by atoms with Crippen molar-refractivity contribution in [2.45, 2.75) is 38.3 Å². The lowest BCUT2D eigenvalue weighted by Crippen LogP contribution is -2.29. The van der Waals surface area contributed by atoms with Gasteiger partial charge in [-0.15, -0.1) is 0 Å². The van der Waals surface area contributed by atoms with Gasteiger partial charge in [-0.1, -0.05) is 24.3 Å². The van der Waals surface area contributed by atoms with E-state index in [9.17, 15) is 18.0 Å². The molecular weight excluding hydrogens is 445 g/mol. The number of anilines is 2. The van der Waals surface area contributed by atoms with E-state index in [-0.39, 0.29) is 12.0 Å².